The van der Waals surface area contributed by atoms with Gasteiger partial charge < -0.3 is 20.1 Å². The van der Waals surface area contributed by atoms with Gasteiger partial charge in [0, 0.05) is 18.4 Å². The van der Waals surface area contributed by atoms with Crippen LogP contribution in [0.4, 0.5) is 22.0 Å². The highest BCUT2D eigenvalue weighted by Gasteiger charge is 2.57. The number of aromatic hydroxyl groups is 2. The zero-order chi connectivity index (χ0) is 30.3. The molecule has 0 aromatic heterocycles. The maximum absolute atomic E-state index is 13.2. The van der Waals surface area contributed by atoms with Crippen LogP contribution in [0.1, 0.15) is 81.3 Å². The van der Waals surface area contributed by atoms with E-state index in [0.29, 0.717) is 25.2 Å². The van der Waals surface area contributed by atoms with Crippen LogP contribution in [0.25, 0.3) is 0 Å². The molecule has 0 bridgehead atoms. The molecule has 2 aromatic carbocycles. The second-order valence-corrected chi connectivity index (χ2v) is 11.8. The lowest BCUT2D eigenvalue weighted by Gasteiger charge is -2.44. The highest BCUT2D eigenvalue weighted by molar-refractivity contribution is 7.99. The lowest BCUT2D eigenvalue weighted by Crippen LogP contribution is -2.40. The van der Waals surface area contributed by atoms with Crippen LogP contribution >= 0.6 is 11.8 Å². The minimum atomic E-state index is -5.68. The third kappa shape index (κ3) is 8.20. The summed E-state index contributed by atoms with van der Waals surface area (Å²) in [5.74, 6) is -6.42. The van der Waals surface area contributed by atoms with Gasteiger partial charge in [-0.3, -0.25) is 4.79 Å². The van der Waals surface area contributed by atoms with Crippen molar-refractivity contribution in [3.05, 3.63) is 53.6 Å². The van der Waals surface area contributed by atoms with Crippen LogP contribution in [-0.2, 0) is 9.54 Å². The molecule has 1 heterocycles. The summed E-state index contributed by atoms with van der Waals surface area (Å²) in [6, 6.07) is 12.3. The molecule has 3 rings (SSSR count). The lowest BCUT2D eigenvalue weighted by molar-refractivity contribution is -0.285. The van der Waals surface area contributed by atoms with E-state index in [2.05, 4.69) is 0 Å². The summed E-state index contributed by atoms with van der Waals surface area (Å²) < 4.78 is 69.2. The highest BCUT2D eigenvalue weighted by Crippen LogP contribution is 2.55. The maximum atomic E-state index is 13.2. The number of thioether (sulfide) groups is 1. The van der Waals surface area contributed by atoms with Gasteiger partial charge in [-0.25, -0.2) is 0 Å². The highest BCUT2D eigenvalue weighted by atomic mass is 32.2. The van der Waals surface area contributed by atoms with Gasteiger partial charge in [0.25, 0.3) is 0 Å². The van der Waals surface area contributed by atoms with Gasteiger partial charge in [-0.2, -0.15) is 22.0 Å². The van der Waals surface area contributed by atoms with E-state index in [-0.39, 0.29) is 23.8 Å². The van der Waals surface area contributed by atoms with Crippen molar-refractivity contribution in [1.29, 1.82) is 0 Å². The van der Waals surface area contributed by atoms with Crippen molar-refractivity contribution in [2.75, 3.05) is 12.9 Å². The van der Waals surface area contributed by atoms with Gasteiger partial charge in [0.1, 0.15) is 23.9 Å². The summed E-state index contributed by atoms with van der Waals surface area (Å²) in [7, 11) is 0. The molecular weight excluding hydrogens is 567 g/mol. The molecule has 0 saturated carbocycles. The van der Waals surface area contributed by atoms with Crippen molar-refractivity contribution in [1.82, 2.24) is 0 Å². The predicted molar refractivity (Wildman–Crippen MR) is 148 cm³/mol. The number of halogens is 5. The van der Waals surface area contributed by atoms with Gasteiger partial charge >= 0.3 is 18.1 Å². The van der Waals surface area contributed by atoms with Crippen molar-refractivity contribution < 1.29 is 46.8 Å². The molecule has 0 radical (unpaired) electrons. The summed E-state index contributed by atoms with van der Waals surface area (Å²) in [5, 5.41) is 29.0. The zero-order valence-corrected chi connectivity index (χ0v) is 23.7. The summed E-state index contributed by atoms with van der Waals surface area (Å²) in [4.78, 5) is 11.4. The lowest BCUT2D eigenvalue weighted by atomic mass is 9.76. The molecule has 0 saturated heterocycles. The first-order valence-corrected chi connectivity index (χ1v) is 15.0. The number of unbranched alkanes of at least 4 members (excludes halogenated alkanes) is 5. The first-order chi connectivity index (χ1) is 19.3. The average molecular weight is 605 g/mol. The molecular formula is C30H37F5O5S. The summed E-state index contributed by atoms with van der Waals surface area (Å²) in [6.45, 7) is 0.402. The number of benzene rings is 2. The molecule has 41 heavy (non-hydrogen) atoms. The Balaban J connectivity index is 1.52. The number of aliphatic carboxylic acids is 1. The molecule has 0 spiro atoms. The Morgan fingerprint density at radius 3 is 2.17 bits per heavy atom. The first kappa shape index (κ1) is 32.8. The first-order valence-electron chi connectivity index (χ1n) is 13.8. The quantitative estimate of drug-likeness (QED) is 0.139. The third-order valence-electron chi connectivity index (χ3n) is 7.96. The van der Waals surface area contributed by atoms with Crippen LogP contribution in [0.15, 0.2) is 42.5 Å². The molecule has 0 amide bonds. The monoisotopic (exact) mass is 604 g/mol. The normalized spacial score (nSPS) is 19.8. The molecule has 3 N–H and O–H groups in total. The number of phenols is 2. The Morgan fingerprint density at radius 2 is 1.56 bits per heavy atom. The minimum absolute atomic E-state index is 0.0673. The molecule has 228 valence electrons. The number of alkyl halides is 5. The van der Waals surface area contributed by atoms with Gasteiger partial charge in [0.15, 0.2) is 0 Å². The fourth-order valence-corrected chi connectivity index (χ4v) is 6.62. The van der Waals surface area contributed by atoms with Crippen LogP contribution in [0.2, 0.25) is 0 Å². The molecule has 11 heteroatoms. The molecule has 0 fully saturated rings. The van der Waals surface area contributed by atoms with Crippen molar-refractivity contribution in [3.8, 4) is 17.2 Å². The van der Waals surface area contributed by atoms with E-state index in [0.717, 1.165) is 43.2 Å². The van der Waals surface area contributed by atoms with E-state index < -0.39 is 41.6 Å². The molecule has 0 aliphatic carbocycles. The van der Waals surface area contributed by atoms with Gasteiger partial charge in [0.2, 0.25) is 0 Å². The topological polar surface area (TPSA) is 87.0 Å². The largest absolute Gasteiger partial charge is 0.508 e. The van der Waals surface area contributed by atoms with Gasteiger partial charge in [-0.05, 0) is 54.8 Å². The van der Waals surface area contributed by atoms with Crippen LogP contribution in [0.5, 0.6) is 17.2 Å². The van der Waals surface area contributed by atoms with Gasteiger partial charge in [-0.1, -0.05) is 56.7 Å². The van der Waals surface area contributed by atoms with E-state index in [9.17, 15) is 42.1 Å². The molecule has 2 aromatic rings. The van der Waals surface area contributed by atoms with Gasteiger partial charge in [-0.15, -0.1) is 11.8 Å². The standard InChI is InChI=1S/C30H37F5O5S/c1-41-28(21-10-12-22(36)13-11-21)19-40-26-18-23(37)14-15-24(26)25(28)9-7-5-3-2-4-6-8-20(27(38)39)16-17-29(31,32)30(33,34)35/h10-15,18,20,25,36-37H,2-9,16-17,19H2,1H3,(H,38,39). The number of carbonyl (C=O) groups is 1. The number of phenolic OH excluding ortho intramolecular Hbond substituents is 2. The molecule has 1 aliphatic rings. The zero-order valence-electron chi connectivity index (χ0n) is 22.9. The predicted octanol–water partition coefficient (Wildman–Crippen LogP) is 8.63. The third-order valence-corrected chi connectivity index (χ3v) is 9.33. The van der Waals surface area contributed by atoms with E-state index >= 15 is 0 Å². The van der Waals surface area contributed by atoms with E-state index in [4.69, 9.17) is 4.74 Å². The number of carboxylic acid groups (broad SMARTS) is 1. The van der Waals surface area contributed by atoms with E-state index in [1.807, 2.05) is 24.5 Å². The van der Waals surface area contributed by atoms with Crippen LogP contribution in [-0.4, -0.2) is 46.3 Å². The Bertz CT molecular complexity index is 1140. The fraction of sp³-hybridized carbons (Fsp3) is 0.567. The number of carboxylic acids is 1. The number of hydrogen-bond donors (Lipinski definition) is 3. The maximum Gasteiger partial charge on any atom is 0.453 e. The molecule has 3 atom stereocenters. The molecule has 5 nitrogen and oxygen atoms in total. The molecule has 1 aliphatic heterocycles. The van der Waals surface area contributed by atoms with Crippen LogP contribution in [0, 0.1) is 5.92 Å². The average Bonchev–Trinajstić information content (AvgIpc) is 2.91. The van der Waals surface area contributed by atoms with Crippen molar-refractivity contribution in [2.45, 2.75) is 87.0 Å². The number of rotatable bonds is 15. The van der Waals surface area contributed by atoms with E-state index in [1.54, 1.807) is 36.0 Å². The Hall–Kier alpha value is -2.69. The van der Waals surface area contributed by atoms with E-state index in [1.165, 1.54) is 0 Å². The summed E-state index contributed by atoms with van der Waals surface area (Å²) in [6.07, 6.45) is -0.378. The second-order valence-electron chi connectivity index (χ2n) is 10.7. The minimum Gasteiger partial charge on any atom is -0.508 e. The molecule has 3 unspecified atom stereocenters. The van der Waals surface area contributed by atoms with Crippen LogP contribution < -0.4 is 4.74 Å². The SMILES string of the molecule is CSC1(c2ccc(O)cc2)COc2cc(O)ccc2C1CCCCCCCCC(CCC(F)(F)C(F)(F)F)C(=O)O. The summed E-state index contributed by atoms with van der Waals surface area (Å²) >= 11 is 1.69. The fourth-order valence-electron chi connectivity index (χ4n) is 5.54. The smallest absolute Gasteiger partial charge is 0.453 e. The number of fused-ring (bicyclic) bond motifs is 1. The van der Waals surface area contributed by atoms with Gasteiger partial charge in [0.05, 0.1) is 10.7 Å². The van der Waals surface area contributed by atoms with Crippen LogP contribution in [0.3, 0.4) is 0 Å². The number of hydrogen-bond acceptors (Lipinski definition) is 5. The second kappa shape index (κ2) is 14.0. The van der Waals surface area contributed by atoms with Crippen molar-refractivity contribution in [3.63, 3.8) is 0 Å². The Labute approximate surface area is 241 Å². The number of ether oxygens (including phenoxy) is 1. The van der Waals surface area contributed by atoms with Crippen molar-refractivity contribution >= 4 is 17.7 Å². The Kier molecular flexibility index (Phi) is 11.2. The summed E-state index contributed by atoms with van der Waals surface area (Å²) in [5.41, 5.74) is 2.04. The Morgan fingerprint density at radius 1 is 0.951 bits per heavy atom. The van der Waals surface area contributed by atoms with Crippen molar-refractivity contribution in [2.24, 2.45) is 5.92 Å².